The fraction of sp³-hybridized carbons (Fsp3) is 0.765. The molecule has 2 fully saturated rings. The standard InChI is InChI=1S/C17H26N4O3.2ClH/c1-23-11-12-8-14(18-9-12)16(22)21-5-3-17(4-6-21)15-13(2-7-24-17)10-19-20-15;;/h10,12,14,18H,2-9,11H2,1H3,(H,19,20);2*1H/t12-,14-;;/m0../s1. The lowest BCUT2D eigenvalue weighted by molar-refractivity contribution is -0.143. The number of ether oxygens (including phenoxy) is 2. The van der Waals surface area contributed by atoms with Crippen LogP contribution >= 0.6 is 24.8 Å². The minimum Gasteiger partial charge on any atom is -0.384 e. The van der Waals surface area contributed by atoms with Gasteiger partial charge in [-0.15, -0.1) is 24.8 Å². The highest BCUT2D eigenvalue weighted by molar-refractivity contribution is 5.85. The fourth-order valence-corrected chi connectivity index (χ4v) is 4.39. The summed E-state index contributed by atoms with van der Waals surface area (Å²) in [7, 11) is 1.72. The first-order chi connectivity index (χ1) is 11.7. The molecule has 3 aliphatic heterocycles. The molecule has 2 saturated heterocycles. The third-order valence-electron chi connectivity index (χ3n) is 5.73. The Morgan fingerprint density at radius 1 is 1.42 bits per heavy atom. The molecular weight excluding hydrogens is 379 g/mol. The molecule has 0 aromatic carbocycles. The van der Waals surface area contributed by atoms with Crippen LogP contribution in [-0.2, 0) is 26.3 Å². The quantitative estimate of drug-likeness (QED) is 0.789. The average Bonchev–Trinajstić information content (AvgIpc) is 3.25. The van der Waals surface area contributed by atoms with Gasteiger partial charge in [0.15, 0.2) is 0 Å². The van der Waals surface area contributed by atoms with Crippen LogP contribution in [0.4, 0.5) is 0 Å². The number of fused-ring (bicyclic) bond motifs is 2. The van der Waals surface area contributed by atoms with Crippen molar-refractivity contribution in [3.05, 3.63) is 17.5 Å². The number of amides is 1. The number of nitrogens with zero attached hydrogens (tertiary/aromatic N) is 2. The second kappa shape index (κ2) is 8.89. The van der Waals surface area contributed by atoms with Crippen molar-refractivity contribution in [2.24, 2.45) is 5.92 Å². The van der Waals surface area contributed by atoms with Gasteiger partial charge in [0.2, 0.25) is 5.91 Å². The topological polar surface area (TPSA) is 79.5 Å². The summed E-state index contributed by atoms with van der Waals surface area (Å²) in [5.41, 5.74) is 2.11. The molecule has 1 aromatic heterocycles. The number of H-pyrrole nitrogens is 1. The number of piperidine rings is 1. The maximum absolute atomic E-state index is 12.8. The van der Waals surface area contributed by atoms with Gasteiger partial charge >= 0.3 is 0 Å². The number of carbonyl (C=O) groups excluding carboxylic acids is 1. The molecule has 7 nitrogen and oxygen atoms in total. The number of rotatable bonds is 3. The smallest absolute Gasteiger partial charge is 0.239 e. The molecular formula is C17H28Cl2N4O3. The van der Waals surface area contributed by atoms with Crippen LogP contribution in [0, 0.1) is 5.92 Å². The molecule has 0 radical (unpaired) electrons. The maximum Gasteiger partial charge on any atom is 0.239 e. The summed E-state index contributed by atoms with van der Waals surface area (Å²) in [5.74, 6) is 0.665. The Bertz CT molecular complexity index is 605. The first-order valence-electron chi connectivity index (χ1n) is 8.89. The molecule has 1 aromatic rings. The predicted molar refractivity (Wildman–Crippen MR) is 102 cm³/mol. The van der Waals surface area contributed by atoms with E-state index in [0.717, 1.165) is 64.2 Å². The Hall–Kier alpha value is -0.860. The molecule has 0 aliphatic carbocycles. The Balaban J connectivity index is 0.00000121. The molecule has 9 heteroatoms. The highest BCUT2D eigenvalue weighted by Gasteiger charge is 2.44. The lowest BCUT2D eigenvalue weighted by Gasteiger charge is -2.43. The summed E-state index contributed by atoms with van der Waals surface area (Å²) in [6.07, 6.45) is 5.37. The summed E-state index contributed by atoms with van der Waals surface area (Å²) in [4.78, 5) is 14.8. The number of aromatic nitrogens is 2. The van der Waals surface area contributed by atoms with Gasteiger partial charge in [0.1, 0.15) is 5.60 Å². The van der Waals surface area contributed by atoms with Crippen LogP contribution < -0.4 is 5.32 Å². The van der Waals surface area contributed by atoms with Gasteiger partial charge in [-0.1, -0.05) is 0 Å². The van der Waals surface area contributed by atoms with Gasteiger partial charge in [0.25, 0.3) is 0 Å². The van der Waals surface area contributed by atoms with E-state index in [4.69, 9.17) is 9.47 Å². The molecule has 26 heavy (non-hydrogen) atoms. The van der Waals surface area contributed by atoms with Crippen LogP contribution in [0.2, 0.25) is 0 Å². The Labute approximate surface area is 166 Å². The van der Waals surface area contributed by atoms with Crippen LogP contribution in [0.3, 0.4) is 0 Å². The van der Waals surface area contributed by atoms with Gasteiger partial charge < -0.3 is 19.7 Å². The second-order valence-corrected chi connectivity index (χ2v) is 7.21. The highest BCUT2D eigenvalue weighted by Crippen LogP contribution is 2.40. The van der Waals surface area contributed by atoms with Gasteiger partial charge in [-0.25, -0.2) is 0 Å². The van der Waals surface area contributed by atoms with E-state index in [1.807, 2.05) is 11.1 Å². The summed E-state index contributed by atoms with van der Waals surface area (Å²) in [6.45, 7) is 3.80. The third-order valence-corrected chi connectivity index (χ3v) is 5.73. The van der Waals surface area contributed by atoms with Gasteiger partial charge in [-0.05, 0) is 37.2 Å². The zero-order valence-electron chi connectivity index (χ0n) is 15.0. The molecule has 1 spiro atoms. The van der Waals surface area contributed by atoms with E-state index >= 15 is 0 Å². The Morgan fingerprint density at radius 3 is 2.92 bits per heavy atom. The number of likely N-dealkylation sites (tertiary alicyclic amines) is 1. The van der Waals surface area contributed by atoms with E-state index in [1.165, 1.54) is 5.56 Å². The van der Waals surface area contributed by atoms with Crippen molar-refractivity contribution < 1.29 is 14.3 Å². The van der Waals surface area contributed by atoms with Crippen molar-refractivity contribution in [1.29, 1.82) is 0 Å². The molecule has 0 unspecified atom stereocenters. The number of hydrogen-bond acceptors (Lipinski definition) is 5. The summed E-state index contributed by atoms with van der Waals surface area (Å²) in [5, 5.41) is 10.7. The number of carbonyl (C=O) groups is 1. The van der Waals surface area contributed by atoms with Crippen LogP contribution in [0.15, 0.2) is 6.20 Å². The molecule has 4 rings (SSSR count). The SMILES string of the molecule is COC[C@@H]1CN[C@H](C(=O)N2CCC3(CC2)OCCc2cn[nH]c23)C1.Cl.Cl. The van der Waals surface area contributed by atoms with Crippen molar-refractivity contribution in [1.82, 2.24) is 20.4 Å². The number of aromatic amines is 1. The maximum atomic E-state index is 12.8. The number of halogens is 2. The molecule has 4 heterocycles. The van der Waals surface area contributed by atoms with Gasteiger partial charge in [-0.3, -0.25) is 9.89 Å². The van der Waals surface area contributed by atoms with Crippen LogP contribution in [0.25, 0.3) is 0 Å². The molecule has 2 N–H and O–H groups in total. The molecule has 0 bridgehead atoms. The second-order valence-electron chi connectivity index (χ2n) is 7.21. The van der Waals surface area contributed by atoms with Gasteiger partial charge in [0.05, 0.1) is 31.1 Å². The zero-order valence-corrected chi connectivity index (χ0v) is 16.7. The monoisotopic (exact) mass is 406 g/mol. The van der Waals surface area contributed by atoms with Crippen molar-refractivity contribution in [2.45, 2.75) is 37.3 Å². The lowest BCUT2D eigenvalue weighted by Crippen LogP contribution is -2.52. The van der Waals surface area contributed by atoms with Gasteiger partial charge in [-0.2, -0.15) is 5.10 Å². The minimum atomic E-state index is -0.275. The lowest BCUT2D eigenvalue weighted by atomic mass is 9.83. The van der Waals surface area contributed by atoms with Gasteiger partial charge in [0, 0.05) is 26.7 Å². The highest BCUT2D eigenvalue weighted by atomic mass is 35.5. The normalized spacial score (nSPS) is 26.7. The molecule has 1 amide bonds. The van der Waals surface area contributed by atoms with Crippen molar-refractivity contribution in [2.75, 3.05) is 40.0 Å². The number of methoxy groups -OCH3 is 1. The zero-order chi connectivity index (χ0) is 16.6. The molecule has 0 saturated carbocycles. The van der Waals surface area contributed by atoms with E-state index < -0.39 is 0 Å². The van der Waals surface area contributed by atoms with E-state index in [2.05, 4.69) is 15.5 Å². The largest absolute Gasteiger partial charge is 0.384 e. The molecule has 148 valence electrons. The number of hydrogen-bond donors (Lipinski definition) is 2. The average molecular weight is 407 g/mol. The van der Waals surface area contributed by atoms with Crippen LogP contribution in [0.1, 0.15) is 30.5 Å². The van der Waals surface area contributed by atoms with Crippen LogP contribution in [-0.4, -0.2) is 67.0 Å². The van der Waals surface area contributed by atoms with E-state index in [-0.39, 0.29) is 42.4 Å². The fourth-order valence-electron chi connectivity index (χ4n) is 4.39. The first-order valence-corrected chi connectivity index (χ1v) is 8.89. The van der Waals surface area contributed by atoms with Crippen molar-refractivity contribution >= 4 is 30.7 Å². The van der Waals surface area contributed by atoms with Crippen molar-refractivity contribution in [3.8, 4) is 0 Å². The summed E-state index contributed by atoms with van der Waals surface area (Å²) < 4.78 is 11.4. The summed E-state index contributed by atoms with van der Waals surface area (Å²) in [6, 6.07) is -0.0609. The summed E-state index contributed by atoms with van der Waals surface area (Å²) >= 11 is 0. The predicted octanol–water partition coefficient (Wildman–Crippen LogP) is 1.27. The minimum absolute atomic E-state index is 0. The Morgan fingerprint density at radius 2 is 2.19 bits per heavy atom. The number of nitrogens with one attached hydrogen (secondary N) is 2. The van der Waals surface area contributed by atoms with E-state index in [0.29, 0.717) is 5.92 Å². The van der Waals surface area contributed by atoms with Crippen LogP contribution in [0.5, 0.6) is 0 Å². The van der Waals surface area contributed by atoms with Crippen molar-refractivity contribution in [3.63, 3.8) is 0 Å². The first kappa shape index (κ1) is 21.4. The molecule has 3 aliphatic rings. The Kier molecular flexibility index (Phi) is 7.33. The van der Waals surface area contributed by atoms with E-state index in [9.17, 15) is 4.79 Å². The van der Waals surface area contributed by atoms with E-state index in [1.54, 1.807) is 7.11 Å². The molecule has 2 atom stereocenters. The third kappa shape index (κ3) is 3.87.